The molecule has 0 saturated heterocycles. The van der Waals surface area contributed by atoms with Crippen LogP contribution in [0.15, 0.2) is 0 Å². The summed E-state index contributed by atoms with van der Waals surface area (Å²) in [6.45, 7) is 0. The lowest BCUT2D eigenvalue weighted by Gasteiger charge is -1.82. The fourth-order valence-corrected chi connectivity index (χ4v) is 1.17. The Bertz CT molecular complexity index is 255. The first-order valence-electron chi connectivity index (χ1n) is 1.77. The Morgan fingerprint density at radius 1 is 1.44 bits per heavy atom. The molecule has 0 unspecified atom stereocenters. The number of nitrogens with zero attached hydrogens (tertiary/aromatic N) is 2. The van der Waals surface area contributed by atoms with Crippen molar-refractivity contribution in [2.24, 2.45) is 0 Å². The highest BCUT2D eigenvalue weighted by Gasteiger charge is 2.06. The molecule has 0 aromatic heterocycles. The number of nitriles is 2. The Hall–Kier alpha value is -0.720. The van der Waals surface area contributed by atoms with E-state index < -0.39 is 14.9 Å². The zero-order chi connectivity index (χ0) is 7.33. The van der Waals surface area contributed by atoms with E-state index in [4.69, 9.17) is 10.5 Å². The highest BCUT2D eigenvalue weighted by Crippen LogP contribution is 2.01. The van der Waals surface area contributed by atoms with Crippen LogP contribution >= 0.6 is 11.8 Å². The van der Waals surface area contributed by atoms with Crippen molar-refractivity contribution in [1.82, 2.24) is 0 Å². The molecule has 48 valence electrons. The van der Waals surface area contributed by atoms with Crippen LogP contribution in [-0.2, 0) is 9.84 Å². The first-order valence-corrected chi connectivity index (χ1v) is 4.40. The second kappa shape index (κ2) is 3.33. The van der Waals surface area contributed by atoms with Crippen molar-refractivity contribution in [1.29, 1.82) is 10.5 Å². The van der Waals surface area contributed by atoms with Crippen molar-refractivity contribution in [2.75, 3.05) is 5.08 Å². The highest BCUT2D eigenvalue weighted by molar-refractivity contribution is 8.16. The number of rotatable bonds is 2. The van der Waals surface area contributed by atoms with Crippen LogP contribution in [0.2, 0.25) is 0 Å². The SMILES string of the molecule is N#CSCS(=O)(=O)C#N. The van der Waals surface area contributed by atoms with Gasteiger partial charge in [-0.2, -0.15) is 10.5 Å². The second-order valence-corrected chi connectivity index (χ2v) is 3.89. The smallest absolute Gasteiger partial charge is 0.212 e. The van der Waals surface area contributed by atoms with Gasteiger partial charge in [0.1, 0.15) is 10.5 Å². The quantitative estimate of drug-likeness (QED) is 0.423. The van der Waals surface area contributed by atoms with Gasteiger partial charge in [0.05, 0.1) is 0 Å². The summed E-state index contributed by atoms with van der Waals surface area (Å²) in [6.07, 6.45) is 0. The average Bonchev–Trinajstić information content (AvgIpc) is 1.84. The maximum atomic E-state index is 10.2. The largest absolute Gasteiger partial charge is 0.251 e. The molecule has 0 aliphatic carbocycles. The average molecular weight is 162 g/mol. The Morgan fingerprint density at radius 3 is 2.33 bits per heavy atom. The minimum Gasteiger partial charge on any atom is -0.212 e. The number of thiocyanates is 2. The van der Waals surface area contributed by atoms with E-state index in [9.17, 15) is 8.42 Å². The summed E-state index contributed by atoms with van der Waals surface area (Å²) in [6, 6.07) is 0. The Kier molecular flexibility index (Phi) is 3.07. The van der Waals surface area contributed by atoms with E-state index >= 15 is 0 Å². The van der Waals surface area contributed by atoms with Crippen molar-refractivity contribution in [3.63, 3.8) is 0 Å². The van der Waals surface area contributed by atoms with Gasteiger partial charge in [-0.1, -0.05) is 0 Å². The van der Waals surface area contributed by atoms with E-state index in [-0.39, 0.29) is 0 Å². The molecule has 0 aromatic carbocycles. The highest BCUT2D eigenvalue weighted by atomic mass is 32.3. The number of hydrogen-bond donors (Lipinski definition) is 0. The topological polar surface area (TPSA) is 81.7 Å². The number of thioether (sulfide) groups is 1. The number of sulfone groups is 1. The van der Waals surface area contributed by atoms with Crippen LogP contribution in [0.3, 0.4) is 0 Å². The fourth-order valence-electron chi connectivity index (χ4n) is 0.130. The molecular formula is C3H2N2O2S2. The molecule has 0 N–H and O–H groups in total. The number of hydrogen-bond acceptors (Lipinski definition) is 5. The third-order valence-corrected chi connectivity index (χ3v) is 2.54. The lowest BCUT2D eigenvalue weighted by Crippen LogP contribution is -1.96. The van der Waals surface area contributed by atoms with Crippen molar-refractivity contribution in [3.8, 4) is 10.8 Å². The molecule has 0 radical (unpaired) electrons. The molecule has 0 amide bonds. The van der Waals surface area contributed by atoms with Crippen molar-refractivity contribution in [3.05, 3.63) is 0 Å². The molecule has 0 rings (SSSR count). The van der Waals surface area contributed by atoms with E-state index in [2.05, 4.69) is 0 Å². The van der Waals surface area contributed by atoms with Crippen LogP contribution in [-0.4, -0.2) is 13.5 Å². The Labute approximate surface area is 57.0 Å². The molecular weight excluding hydrogens is 160 g/mol. The third-order valence-electron chi connectivity index (χ3n) is 0.418. The van der Waals surface area contributed by atoms with Crippen molar-refractivity contribution >= 4 is 21.6 Å². The van der Waals surface area contributed by atoms with E-state index in [1.54, 1.807) is 5.40 Å². The molecule has 0 fully saturated rings. The van der Waals surface area contributed by atoms with Gasteiger partial charge >= 0.3 is 0 Å². The van der Waals surface area contributed by atoms with Gasteiger partial charge in [-0.3, -0.25) is 0 Å². The lowest BCUT2D eigenvalue weighted by atomic mass is 11.8. The summed E-state index contributed by atoms with van der Waals surface area (Å²) in [5, 5.41) is 17.9. The molecule has 0 aliphatic heterocycles. The summed E-state index contributed by atoms with van der Waals surface area (Å²) in [7, 11) is -3.64. The maximum absolute atomic E-state index is 10.2. The molecule has 9 heavy (non-hydrogen) atoms. The van der Waals surface area contributed by atoms with E-state index in [0.29, 0.717) is 11.8 Å². The minimum atomic E-state index is -3.64. The predicted octanol–water partition coefficient (Wildman–Crippen LogP) is 0.0541. The molecule has 0 atom stereocenters. The van der Waals surface area contributed by atoms with Gasteiger partial charge in [0.25, 0.3) is 9.84 Å². The van der Waals surface area contributed by atoms with Gasteiger partial charge in [-0.25, -0.2) is 8.42 Å². The van der Waals surface area contributed by atoms with Crippen molar-refractivity contribution < 1.29 is 8.42 Å². The molecule has 0 bridgehead atoms. The molecule has 0 heterocycles. The summed E-state index contributed by atoms with van der Waals surface area (Å²) in [5.41, 5.74) is 0. The van der Waals surface area contributed by atoms with Crippen LogP contribution in [0, 0.1) is 21.3 Å². The standard InChI is InChI=1S/C3H2N2O2S2/c4-1-8-3-9(6,7)2-5/h3H2. The molecule has 0 spiro atoms. The minimum absolute atomic E-state index is 0.444. The van der Waals surface area contributed by atoms with Crippen LogP contribution in [0.25, 0.3) is 0 Å². The summed E-state index contributed by atoms with van der Waals surface area (Å²) in [5.74, 6) is 0. The van der Waals surface area contributed by atoms with E-state index in [1.165, 1.54) is 0 Å². The Balaban J connectivity index is 3.99. The van der Waals surface area contributed by atoms with Gasteiger partial charge in [0, 0.05) is 0 Å². The fraction of sp³-hybridized carbons (Fsp3) is 0.333. The summed E-state index contributed by atoms with van der Waals surface area (Å²) < 4.78 is 20.5. The molecule has 0 aromatic rings. The molecule has 0 aliphatic rings. The monoisotopic (exact) mass is 162 g/mol. The normalized spacial score (nSPS) is 9.56. The summed E-state index contributed by atoms with van der Waals surface area (Å²) >= 11 is 0.535. The predicted molar refractivity (Wildman–Crippen MR) is 32.6 cm³/mol. The second-order valence-electron chi connectivity index (χ2n) is 1.06. The van der Waals surface area contributed by atoms with E-state index in [1.807, 2.05) is 0 Å². The van der Waals surface area contributed by atoms with Gasteiger partial charge in [0.2, 0.25) is 0 Å². The third kappa shape index (κ3) is 3.83. The van der Waals surface area contributed by atoms with E-state index in [0.717, 1.165) is 5.40 Å². The molecule has 0 saturated carbocycles. The van der Waals surface area contributed by atoms with Gasteiger partial charge in [0.15, 0.2) is 5.40 Å². The summed E-state index contributed by atoms with van der Waals surface area (Å²) in [4.78, 5) is 0. The Morgan fingerprint density at radius 2 is 2.00 bits per heavy atom. The zero-order valence-corrected chi connectivity index (χ0v) is 5.87. The van der Waals surface area contributed by atoms with Crippen LogP contribution in [0.1, 0.15) is 0 Å². The van der Waals surface area contributed by atoms with Crippen LogP contribution in [0.4, 0.5) is 0 Å². The van der Waals surface area contributed by atoms with Gasteiger partial charge < -0.3 is 0 Å². The lowest BCUT2D eigenvalue weighted by molar-refractivity contribution is 0.610. The molecule has 6 heteroatoms. The van der Waals surface area contributed by atoms with Crippen LogP contribution < -0.4 is 0 Å². The van der Waals surface area contributed by atoms with Gasteiger partial charge in [-0.05, 0) is 11.8 Å². The van der Waals surface area contributed by atoms with Gasteiger partial charge in [-0.15, -0.1) is 0 Å². The van der Waals surface area contributed by atoms with Crippen molar-refractivity contribution in [2.45, 2.75) is 0 Å². The van der Waals surface area contributed by atoms with Crippen LogP contribution in [0.5, 0.6) is 0 Å². The maximum Gasteiger partial charge on any atom is 0.251 e. The molecule has 4 nitrogen and oxygen atoms in total. The first-order chi connectivity index (χ1) is 4.12. The zero-order valence-electron chi connectivity index (χ0n) is 4.23. The first kappa shape index (κ1) is 8.28.